The van der Waals surface area contributed by atoms with Gasteiger partial charge in [-0.15, -0.1) is 0 Å². The fourth-order valence-corrected chi connectivity index (χ4v) is 7.28. The SMILES string of the molecule is CC(C)(C)OC(=O)N[C@H](CNC(=O)OCC[Si](C)(C)C)CC1CCCCC1.C[Si](C)(C)CCOC(=O)NC[C@@H](N)CC1CCCCC1. The first-order valence-electron chi connectivity index (χ1n) is 18.4. The topological polar surface area (TPSA) is 141 Å². The predicted molar refractivity (Wildman–Crippen MR) is 199 cm³/mol. The van der Waals surface area contributed by atoms with Gasteiger partial charge in [0.2, 0.25) is 0 Å². The third kappa shape index (κ3) is 25.8. The first-order valence-corrected chi connectivity index (χ1v) is 25.8. The molecule has 5 N–H and O–H groups in total. The van der Waals surface area contributed by atoms with Gasteiger partial charge in [0.15, 0.2) is 0 Å². The zero-order chi connectivity index (χ0) is 35.5. The van der Waals surface area contributed by atoms with Gasteiger partial charge in [-0.25, -0.2) is 14.4 Å². The minimum atomic E-state index is -1.22. The molecule has 0 aromatic rings. The molecule has 0 spiro atoms. The van der Waals surface area contributed by atoms with Crippen molar-refractivity contribution in [2.75, 3.05) is 26.3 Å². The molecule has 0 unspecified atom stereocenters. The lowest BCUT2D eigenvalue weighted by Crippen LogP contribution is -2.46. The Morgan fingerprint density at radius 1 is 0.681 bits per heavy atom. The predicted octanol–water partition coefficient (Wildman–Crippen LogP) is 8.26. The molecular formula is C35H72N4O6Si2. The molecule has 2 rings (SSSR count). The van der Waals surface area contributed by atoms with Crippen molar-refractivity contribution >= 4 is 34.4 Å². The molecule has 2 aliphatic rings. The average molecular weight is 701 g/mol. The monoisotopic (exact) mass is 700 g/mol. The van der Waals surface area contributed by atoms with Crippen LogP contribution in [0.1, 0.15) is 97.8 Å². The second-order valence-corrected chi connectivity index (χ2v) is 28.5. The third-order valence-electron chi connectivity index (χ3n) is 8.60. The molecular weight excluding hydrogens is 629 g/mol. The number of alkyl carbamates (subject to hydrolysis) is 3. The highest BCUT2D eigenvalue weighted by Crippen LogP contribution is 2.28. The Bertz CT molecular complexity index is 892. The number of hydrogen-bond donors (Lipinski definition) is 4. The average Bonchev–Trinajstić information content (AvgIpc) is 2.94. The maximum Gasteiger partial charge on any atom is 0.407 e. The number of carbonyl (C=O) groups excluding carboxylic acids is 3. The van der Waals surface area contributed by atoms with Gasteiger partial charge in [0.25, 0.3) is 0 Å². The van der Waals surface area contributed by atoms with Crippen LogP contribution >= 0.6 is 0 Å². The standard InChI is InChI=1S/C20H40N2O4Si.C15H32N2O2Si/c1-20(2,3)26-19(24)22-17(14-16-10-8-7-9-11-16)15-21-18(23)25-12-13-27(4,5)6;1-20(2,3)10-9-19-15(18)17-12-14(16)11-13-7-5-4-6-8-13/h16-17H,7-15H2,1-6H3,(H,21,23)(H,22,24);13-14H,4-12,16H2,1-3H3,(H,17,18)/t17-;14-/m00/s1. The summed E-state index contributed by atoms with van der Waals surface area (Å²) in [5, 5.41) is 8.53. The number of hydrogen-bond acceptors (Lipinski definition) is 7. The fourth-order valence-electron chi connectivity index (χ4n) is 5.85. The molecule has 2 aliphatic carbocycles. The Morgan fingerprint density at radius 3 is 1.53 bits per heavy atom. The molecule has 2 saturated carbocycles. The van der Waals surface area contributed by atoms with Gasteiger partial charge in [0.05, 0.1) is 13.2 Å². The van der Waals surface area contributed by atoms with Crippen molar-refractivity contribution in [3.63, 3.8) is 0 Å². The number of nitrogens with one attached hydrogen (secondary N) is 3. The van der Waals surface area contributed by atoms with E-state index in [1.807, 2.05) is 20.8 Å². The Balaban J connectivity index is 0.000000491. The van der Waals surface area contributed by atoms with Crippen molar-refractivity contribution in [2.24, 2.45) is 17.6 Å². The summed E-state index contributed by atoms with van der Waals surface area (Å²) in [4.78, 5) is 35.7. The maximum absolute atomic E-state index is 12.2. The van der Waals surface area contributed by atoms with Gasteiger partial charge in [-0.05, 0) is 57.5 Å². The van der Waals surface area contributed by atoms with Crippen LogP contribution < -0.4 is 21.7 Å². The van der Waals surface area contributed by atoms with Crippen molar-refractivity contribution < 1.29 is 28.6 Å². The lowest BCUT2D eigenvalue weighted by Gasteiger charge is -2.28. The molecule has 12 heteroatoms. The number of amides is 3. The van der Waals surface area contributed by atoms with Crippen molar-refractivity contribution in [2.45, 2.75) is 167 Å². The van der Waals surface area contributed by atoms with Gasteiger partial charge in [0.1, 0.15) is 5.60 Å². The Hall–Kier alpha value is -1.80. The molecule has 2 fully saturated rings. The van der Waals surface area contributed by atoms with Crippen molar-refractivity contribution in [3.05, 3.63) is 0 Å². The van der Waals surface area contributed by atoms with E-state index >= 15 is 0 Å². The smallest absolute Gasteiger partial charge is 0.407 e. The lowest BCUT2D eigenvalue weighted by molar-refractivity contribution is 0.0493. The van der Waals surface area contributed by atoms with Crippen LogP contribution in [-0.4, -0.2) is 78.4 Å². The van der Waals surface area contributed by atoms with E-state index in [1.54, 1.807) is 0 Å². The zero-order valence-electron chi connectivity index (χ0n) is 31.6. The van der Waals surface area contributed by atoms with Crippen LogP contribution in [0.15, 0.2) is 0 Å². The van der Waals surface area contributed by atoms with E-state index in [0.29, 0.717) is 32.2 Å². The summed E-state index contributed by atoms with van der Waals surface area (Å²) < 4.78 is 15.8. The Kier molecular flexibility index (Phi) is 20.3. The van der Waals surface area contributed by atoms with Crippen molar-refractivity contribution in [3.8, 4) is 0 Å². The molecule has 0 bridgehead atoms. The molecule has 276 valence electrons. The summed E-state index contributed by atoms with van der Waals surface area (Å²) in [5.41, 5.74) is 5.55. The third-order valence-corrected chi connectivity index (χ3v) is 12.0. The highest BCUT2D eigenvalue weighted by atomic mass is 28.3. The van der Waals surface area contributed by atoms with E-state index in [4.69, 9.17) is 19.9 Å². The molecule has 3 amide bonds. The largest absolute Gasteiger partial charge is 0.450 e. The van der Waals surface area contributed by atoms with Gasteiger partial charge in [0, 0.05) is 41.3 Å². The summed E-state index contributed by atoms with van der Waals surface area (Å²) in [7, 11) is -2.35. The maximum atomic E-state index is 12.2. The van der Waals surface area contributed by atoms with E-state index < -0.39 is 33.9 Å². The van der Waals surface area contributed by atoms with E-state index in [0.717, 1.165) is 30.8 Å². The van der Waals surface area contributed by atoms with E-state index in [1.165, 1.54) is 64.2 Å². The highest BCUT2D eigenvalue weighted by molar-refractivity contribution is 6.76. The van der Waals surface area contributed by atoms with Gasteiger partial charge >= 0.3 is 18.3 Å². The number of rotatable bonds is 15. The summed E-state index contributed by atoms with van der Waals surface area (Å²) in [6, 6.07) is 1.87. The van der Waals surface area contributed by atoms with Crippen LogP contribution in [0.2, 0.25) is 51.4 Å². The quantitative estimate of drug-likeness (QED) is 0.0996. The molecule has 47 heavy (non-hydrogen) atoms. The first kappa shape index (κ1) is 43.2. The molecule has 0 saturated heterocycles. The van der Waals surface area contributed by atoms with Gasteiger partial charge in [-0.3, -0.25) is 0 Å². The minimum absolute atomic E-state index is 0.0580. The van der Waals surface area contributed by atoms with Crippen molar-refractivity contribution in [1.82, 2.24) is 16.0 Å². The summed E-state index contributed by atoms with van der Waals surface area (Å²) in [6.45, 7) is 21.0. The van der Waals surface area contributed by atoms with Crippen LogP contribution in [0, 0.1) is 11.8 Å². The first-order chi connectivity index (χ1) is 21.8. The second kappa shape index (κ2) is 22.0. The van der Waals surface area contributed by atoms with Gasteiger partial charge in [-0.2, -0.15) is 0 Å². The van der Waals surface area contributed by atoms with Gasteiger partial charge in [-0.1, -0.05) is 103 Å². The second-order valence-electron chi connectivity index (χ2n) is 17.2. The van der Waals surface area contributed by atoms with Crippen LogP contribution in [0.3, 0.4) is 0 Å². The van der Waals surface area contributed by atoms with Crippen molar-refractivity contribution in [1.29, 1.82) is 0 Å². The Labute approximate surface area is 289 Å². The molecule has 0 aliphatic heterocycles. The molecule has 0 aromatic heterocycles. The van der Waals surface area contributed by atoms with Crippen LogP contribution in [0.5, 0.6) is 0 Å². The molecule has 0 radical (unpaired) electrons. The molecule has 10 nitrogen and oxygen atoms in total. The van der Waals surface area contributed by atoms with Crippen LogP contribution in [0.4, 0.5) is 14.4 Å². The lowest BCUT2D eigenvalue weighted by atomic mass is 9.85. The summed E-state index contributed by atoms with van der Waals surface area (Å²) in [6.07, 6.45) is 13.5. The molecule has 2 atom stereocenters. The number of carbonyl (C=O) groups is 3. The minimum Gasteiger partial charge on any atom is -0.450 e. The summed E-state index contributed by atoms with van der Waals surface area (Å²) in [5.74, 6) is 1.34. The summed E-state index contributed by atoms with van der Waals surface area (Å²) >= 11 is 0. The molecule has 0 aromatic carbocycles. The normalized spacial score (nSPS) is 17.7. The van der Waals surface area contributed by atoms with Crippen LogP contribution in [-0.2, 0) is 14.2 Å². The van der Waals surface area contributed by atoms with Crippen LogP contribution in [0.25, 0.3) is 0 Å². The zero-order valence-corrected chi connectivity index (χ0v) is 33.6. The fraction of sp³-hybridized carbons (Fsp3) is 0.914. The van der Waals surface area contributed by atoms with E-state index in [2.05, 4.69) is 55.2 Å². The number of ether oxygens (including phenoxy) is 3. The number of nitrogens with two attached hydrogens (primary N) is 1. The molecule has 0 heterocycles. The van der Waals surface area contributed by atoms with E-state index in [9.17, 15) is 14.4 Å². The van der Waals surface area contributed by atoms with Gasteiger partial charge < -0.3 is 35.9 Å². The Morgan fingerprint density at radius 2 is 1.11 bits per heavy atom. The van der Waals surface area contributed by atoms with E-state index in [-0.39, 0.29) is 18.2 Å². The highest BCUT2D eigenvalue weighted by Gasteiger charge is 2.24.